The number of carboxylic acid groups (broad SMARTS) is 1. The molecule has 0 aliphatic heterocycles. The second-order valence-electron chi connectivity index (χ2n) is 3.49. The Morgan fingerprint density at radius 2 is 2.11 bits per heavy atom. The van der Waals surface area contributed by atoms with Crippen LogP contribution in [0.1, 0.15) is 16.1 Å². The standard InChI is InChI=1S/C12H9BrN2O2S/c1-7-8(11(16)17)6-14-12(15-7)18-10-5-3-2-4-9(10)13/h2-6H,1H3,(H,16,17). The van der Waals surface area contributed by atoms with E-state index in [1.54, 1.807) is 6.92 Å². The van der Waals surface area contributed by atoms with E-state index in [4.69, 9.17) is 5.11 Å². The number of hydrogen-bond donors (Lipinski definition) is 1. The number of nitrogens with zero attached hydrogens (tertiary/aromatic N) is 2. The first kappa shape index (κ1) is 13.0. The van der Waals surface area contributed by atoms with E-state index in [0.717, 1.165) is 9.37 Å². The van der Waals surface area contributed by atoms with Gasteiger partial charge >= 0.3 is 5.97 Å². The molecule has 2 rings (SSSR count). The Bertz CT molecular complexity index is 604. The average molecular weight is 325 g/mol. The van der Waals surface area contributed by atoms with Gasteiger partial charge in [0.1, 0.15) is 0 Å². The highest BCUT2D eigenvalue weighted by atomic mass is 79.9. The first-order valence-electron chi connectivity index (χ1n) is 5.07. The Morgan fingerprint density at radius 1 is 1.39 bits per heavy atom. The molecule has 4 nitrogen and oxygen atoms in total. The summed E-state index contributed by atoms with van der Waals surface area (Å²) < 4.78 is 0.957. The maximum atomic E-state index is 10.9. The molecule has 1 aromatic heterocycles. The van der Waals surface area contributed by atoms with E-state index in [9.17, 15) is 4.79 Å². The number of aromatic carboxylic acids is 1. The van der Waals surface area contributed by atoms with Crippen molar-refractivity contribution in [2.45, 2.75) is 17.0 Å². The van der Waals surface area contributed by atoms with Crippen molar-refractivity contribution in [1.82, 2.24) is 9.97 Å². The Kier molecular flexibility index (Phi) is 3.98. The highest BCUT2D eigenvalue weighted by molar-refractivity contribution is 9.10. The monoisotopic (exact) mass is 324 g/mol. The summed E-state index contributed by atoms with van der Waals surface area (Å²) in [6.07, 6.45) is 1.34. The lowest BCUT2D eigenvalue weighted by atomic mass is 10.2. The minimum Gasteiger partial charge on any atom is -0.478 e. The van der Waals surface area contributed by atoms with Crippen LogP contribution >= 0.6 is 27.7 Å². The summed E-state index contributed by atoms with van der Waals surface area (Å²) in [5, 5.41) is 9.43. The summed E-state index contributed by atoms with van der Waals surface area (Å²) in [5.41, 5.74) is 0.596. The minimum atomic E-state index is -1.01. The fraction of sp³-hybridized carbons (Fsp3) is 0.0833. The van der Waals surface area contributed by atoms with Gasteiger partial charge < -0.3 is 5.11 Å². The number of carboxylic acids is 1. The summed E-state index contributed by atoms with van der Waals surface area (Å²) in [6.45, 7) is 1.66. The van der Waals surface area contributed by atoms with Crippen molar-refractivity contribution in [2.75, 3.05) is 0 Å². The van der Waals surface area contributed by atoms with Gasteiger partial charge in [0.15, 0.2) is 5.16 Å². The lowest BCUT2D eigenvalue weighted by Crippen LogP contribution is -2.03. The molecule has 18 heavy (non-hydrogen) atoms. The van der Waals surface area contributed by atoms with Crippen LogP contribution in [0.15, 0.2) is 45.0 Å². The van der Waals surface area contributed by atoms with Crippen LogP contribution in [-0.2, 0) is 0 Å². The highest BCUT2D eigenvalue weighted by Gasteiger charge is 2.11. The molecule has 0 spiro atoms. The zero-order chi connectivity index (χ0) is 13.1. The van der Waals surface area contributed by atoms with E-state index >= 15 is 0 Å². The summed E-state index contributed by atoms with van der Waals surface area (Å²) in [4.78, 5) is 20.1. The van der Waals surface area contributed by atoms with Crippen LogP contribution < -0.4 is 0 Å². The summed E-state index contributed by atoms with van der Waals surface area (Å²) in [7, 11) is 0. The van der Waals surface area contributed by atoms with Crippen LogP contribution in [0, 0.1) is 6.92 Å². The van der Waals surface area contributed by atoms with Gasteiger partial charge in [-0.3, -0.25) is 0 Å². The zero-order valence-corrected chi connectivity index (χ0v) is 11.8. The van der Waals surface area contributed by atoms with Gasteiger partial charge in [-0.15, -0.1) is 0 Å². The van der Waals surface area contributed by atoms with Gasteiger partial charge in [-0.1, -0.05) is 12.1 Å². The quantitative estimate of drug-likeness (QED) is 0.877. The van der Waals surface area contributed by atoms with Gasteiger partial charge in [-0.25, -0.2) is 14.8 Å². The molecule has 1 heterocycles. The molecule has 1 aromatic carbocycles. The number of halogens is 1. The van der Waals surface area contributed by atoms with E-state index < -0.39 is 5.97 Å². The fourth-order valence-corrected chi connectivity index (χ4v) is 2.66. The van der Waals surface area contributed by atoms with E-state index in [1.165, 1.54) is 18.0 Å². The lowest BCUT2D eigenvalue weighted by molar-refractivity contribution is 0.0695. The van der Waals surface area contributed by atoms with Crippen LogP contribution in [0.5, 0.6) is 0 Å². The topological polar surface area (TPSA) is 63.1 Å². The molecular formula is C12H9BrN2O2S. The van der Waals surface area contributed by atoms with E-state index in [1.807, 2.05) is 24.3 Å². The summed E-state index contributed by atoms with van der Waals surface area (Å²) in [6, 6.07) is 7.72. The second-order valence-corrected chi connectivity index (χ2v) is 5.35. The molecule has 0 unspecified atom stereocenters. The maximum Gasteiger partial charge on any atom is 0.339 e. The normalized spacial score (nSPS) is 10.3. The zero-order valence-electron chi connectivity index (χ0n) is 9.42. The third-order valence-corrected chi connectivity index (χ3v) is 4.13. The molecule has 92 valence electrons. The Labute approximate surface area is 117 Å². The molecule has 0 fully saturated rings. The molecular weight excluding hydrogens is 316 g/mol. The number of aromatic nitrogens is 2. The minimum absolute atomic E-state index is 0.131. The van der Waals surface area contributed by atoms with E-state index in [2.05, 4.69) is 25.9 Å². The molecule has 2 aromatic rings. The van der Waals surface area contributed by atoms with Gasteiger partial charge in [-0.2, -0.15) is 0 Å². The summed E-state index contributed by atoms with van der Waals surface area (Å²) in [5.74, 6) is -1.01. The largest absolute Gasteiger partial charge is 0.478 e. The average Bonchev–Trinajstić information content (AvgIpc) is 2.32. The predicted octanol–water partition coefficient (Wildman–Crippen LogP) is 3.40. The third-order valence-electron chi connectivity index (χ3n) is 2.23. The van der Waals surface area contributed by atoms with E-state index in [-0.39, 0.29) is 5.56 Å². The highest BCUT2D eigenvalue weighted by Crippen LogP contribution is 2.31. The summed E-state index contributed by atoms with van der Waals surface area (Å²) >= 11 is 4.83. The van der Waals surface area contributed by atoms with Crippen LogP contribution in [0.25, 0.3) is 0 Å². The smallest absolute Gasteiger partial charge is 0.339 e. The predicted molar refractivity (Wildman–Crippen MR) is 72.0 cm³/mol. The van der Waals surface area contributed by atoms with Gasteiger partial charge in [0.25, 0.3) is 0 Å². The number of carbonyl (C=O) groups is 1. The molecule has 0 amide bonds. The molecule has 0 aliphatic carbocycles. The first-order chi connectivity index (χ1) is 8.58. The number of aryl methyl sites for hydroxylation is 1. The first-order valence-corrected chi connectivity index (χ1v) is 6.68. The van der Waals surface area contributed by atoms with Crippen LogP contribution in [-0.4, -0.2) is 21.0 Å². The van der Waals surface area contributed by atoms with Gasteiger partial charge in [0.05, 0.1) is 11.3 Å². The Morgan fingerprint density at radius 3 is 2.72 bits per heavy atom. The van der Waals surface area contributed by atoms with Crippen molar-refractivity contribution in [3.8, 4) is 0 Å². The van der Waals surface area contributed by atoms with Gasteiger partial charge in [0, 0.05) is 15.6 Å². The molecule has 6 heteroatoms. The Balaban J connectivity index is 2.29. The van der Waals surface area contributed by atoms with Crippen molar-refractivity contribution in [1.29, 1.82) is 0 Å². The van der Waals surface area contributed by atoms with Crippen molar-refractivity contribution in [3.05, 3.63) is 46.2 Å². The van der Waals surface area contributed by atoms with Gasteiger partial charge in [0.2, 0.25) is 0 Å². The number of rotatable bonds is 3. The van der Waals surface area contributed by atoms with Crippen molar-refractivity contribution in [3.63, 3.8) is 0 Å². The molecule has 1 N–H and O–H groups in total. The fourth-order valence-electron chi connectivity index (χ4n) is 1.33. The molecule has 0 bridgehead atoms. The van der Waals surface area contributed by atoms with Crippen LogP contribution in [0.4, 0.5) is 0 Å². The Hall–Kier alpha value is -1.40. The molecule has 0 aliphatic rings. The SMILES string of the molecule is Cc1nc(Sc2ccccc2Br)ncc1C(=O)O. The molecule has 0 atom stereocenters. The van der Waals surface area contributed by atoms with Gasteiger partial charge in [-0.05, 0) is 46.7 Å². The van der Waals surface area contributed by atoms with Crippen LogP contribution in [0.2, 0.25) is 0 Å². The third kappa shape index (κ3) is 2.88. The van der Waals surface area contributed by atoms with Crippen molar-refractivity contribution < 1.29 is 9.90 Å². The van der Waals surface area contributed by atoms with Crippen molar-refractivity contribution in [2.24, 2.45) is 0 Å². The van der Waals surface area contributed by atoms with E-state index in [0.29, 0.717) is 10.9 Å². The maximum absolute atomic E-state index is 10.9. The second kappa shape index (κ2) is 5.49. The van der Waals surface area contributed by atoms with Crippen molar-refractivity contribution >= 4 is 33.7 Å². The molecule has 0 saturated carbocycles. The van der Waals surface area contributed by atoms with Crippen LogP contribution in [0.3, 0.4) is 0 Å². The number of benzene rings is 1. The molecule has 0 radical (unpaired) electrons. The number of hydrogen-bond acceptors (Lipinski definition) is 4. The lowest BCUT2D eigenvalue weighted by Gasteiger charge is -2.04. The molecule has 0 saturated heterocycles.